The van der Waals surface area contributed by atoms with Crippen molar-refractivity contribution in [2.45, 2.75) is 37.0 Å². The van der Waals surface area contributed by atoms with Crippen molar-refractivity contribution < 1.29 is 9.18 Å². The Kier molecular flexibility index (Phi) is 5.01. The Bertz CT molecular complexity index is 444. The molecule has 2 rings (SSSR count). The smallest absolute Gasteiger partial charge is 0.319 e. The minimum absolute atomic E-state index is 0.157. The summed E-state index contributed by atoms with van der Waals surface area (Å²) in [5.74, 6) is -0.525. The monoisotopic (exact) mass is 283 g/mol. The number of urea groups is 1. The van der Waals surface area contributed by atoms with Gasteiger partial charge in [0.05, 0.1) is 11.9 Å². The lowest BCUT2D eigenvalue weighted by atomic mass is 9.95. The number of pyridine rings is 1. The van der Waals surface area contributed by atoms with E-state index in [-0.39, 0.29) is 17.8 Å². The van der Waals surface area contributed by atoms with E-state index in [0.717, 1.165) is 25.5 Å². The fraction of sp³-hybridized carbons (Fsp3) is 0.538. The van der Waals surface area contributed by atoms with Crippen LogP contribution in [0.25, 0.3) is 0 Å². The number of thioether (sulfide) groups is 1. The molecule has 0 saturated heterocycles. The van der Waals surface area contributed by atoms with Gasteiger partial charge in [-0.05, 0) is 31.6 Å². The van der Waals surface area contributed by atoms with Crippen LogP contribution in [0.3, 0.4) is 0 Å². The van der Waals surface area contributed by atoms with Crippen molar-refractivity contribution in [3.8, 4) is 0 Å². The zero-order valence-corrected chi connectivity index (χ0v) is 11.7. The molecular formula is C13H18FN3OS. The third kappa shape index (κ3) is 4.09. The van der Waals surface area contributed by atoms with Crippen LogP contribution in [0.4, 0.5) is 14.9 Å². The van der Waals surface area contributed by atoms with E-state index in [1.165, 1.54) is 18.7 Å². The Morgan fingerprint density at radius 3 is 3.11 bits per heavy atom. The first kappa shape index (κ1) is 14.1. The first-order valence-electron chi connectivity index (χ1n) is 6.39. The quantitative estimate of drug-likeness (QED) is 0.896. The van der Waals surface area contributed by atoms with E-state index in [2.05, 4.69) is 21.9 Å². The van der Waals surface area contributed by atoms with Gasteiger partial charge in [0, 0.05) is 17.5 Å². The molecule has 0 spiro atoms. The zero-order valence-electron chi connectivity index (χ0n) is 10.9. The van der Waals surface area contributed by atoms with E-state index in [4.69, 9.17) is 0 Å². The van der Waals surface area contributed by atoms with Crippen LogP contribution in [0, 0.1) is 5.82 Å². The van der Waals surface area contributed by atoms with Gasteiger partial charge >= 0.3 is 6.03 Å². The maximum Gasteiger partial charge on any atom is 0.319 e. The summed E-state index contributed by atoms with van der Waals surface area (Å²) in [5, 5.41) is 6.03. The number of hydrogen-bond donors (Lipinski definition) is 2. The highest BCUT2D eigenvalue weighted by molar-refractivity contribution is 7.99. The Morgan fingerprint density at radius 1 is 1.53 bits per heavy atom. The van der Waals surface area contributed by atoms with Gasteiger partial charge in [-0.15, -0.1) is 0 Å². The van der Waals surface area contributed by atoms with Crippen LogP contribution in [0.2, 0.25) is 0 Å². The fourth-order valence-corrected chi connectivity index (χ4v) is 3.14. The molecule has 104 valence electrons. The van der Waals surface area contributed by atoms with E-state index >= 15 is 0 Å². The average molecular weight is 283 g/mol. The molecule has 2 atom stereocenters. The average Bonchev–Trinajstić information content (AvgIpc) is 2.41. The molecule has 2 unspecified atom stereocenters. The van der Waals surface area contributed by atoms with E-state index < -0.39 is 5.82 Å². The summed E-state index contributed by atoms with van der Waals surface area (Å²) in [7, 11) is 0. The highest BCUT2D eigenvalue weighted by Gasteiger charge is 2.22. The van der Waals surface area contributed by atoms with Crippen LogP contribution >= 0.6 is 11.8 Å². The molecule has 2 amide bonds. The molecular weight excluding hydrogens is 265 g/mol. The molecule has 1 fully saturated rings. The van der Waals surface area contributed by atoms with Crippen molar-refractivity contribution in [1.82, 2.24) is 10.3 Å². The lowest BCUT2D eigenvalue weighted by Gasteiger charge is -2.28. The minimum atomic E-state index is -0.525. The Balaban J connectivity index is 1.86. The van der Waals surface area contributed by atoms with Crippen molar-refractivity contribution in [2.24, 2.45) is 0 Å². The first-order chi connectivity index (χ1) is 9.19. The van der Waals surface area contributed by atoms with E-state index in [1.807, 2.05) is 11.8 Å². The molecule has 1 heterocycles. The number of anilines is 1. The topological polar surface area (TPSA) is 54.0 Å². The summed E-state index contributed by atoms with van der Waals surface area (Å²) in [6.07, 6.45) is 8.93. The predicted octanol–water partition coefficient (Wildman–Crippen LogP) is 3.02. The number of hydrogen-bond acceptors (Lipinski definition) is 3. The van der Waals surface area contributed by atoms with Crippen LogP contribution < -0.4 is 10.6 Å². The lowest BCUT2D eigenvalue weighted by molar-refractivity contribution is 0.244. The number of nitrogens with zero attached hydrogens (tertiary/aromatic N) is 1. The van der Waals surface area contributed by atoms with Crippen molar-refractivity contribution in [3.63, 3.8) is 0 Å². The molecule has 2 N–H and O–H groups in total. The zero-order chi connectivity index (χ0) is 13.7. The number of nitrogens with one attached hydrogen (secondary N) is 2. The summed E-state index contributed by atoms with van der Waals surface area (Å²) in [5.41, 5.74) is 0.157. The molecule has 0 aliphatic heterocycles. The van der Waals surface area contributed by atoms with Crippen LogP contribution in [0.5, 0.6) is 0 Å². The van der Waals surface area contributed by atoms with Crippen molar-refractivity contribution in [2.75, 3.05) is 11.6 Å². The van der Waals surface area contributed by atoms with Crippen LogP contribution in [0.1, 0.15) is 25.7 Å². The largest absolute Gasteiger partial charge is 0.335 e. The highest BCUT2D eigenvalue weighted by atomic mass is 32.2. The summed E-state index contributed by atoms with van der Waals surface area (Å²) in [4.78, 5) is 15.5. The lowest BCUT2D eigenvalue weighted by Crippen LogP contribution is -2.41. The second-order valence-corrected chi connectivity index (χ2v) is 5.81. The number of halogens is 1. The van der Waals surface area contributed by atoms with Gasteiger partial charge in [-0.3, -0.25) is 4.98 Å². The van der Waals surface area contributed by atoms with Gasteiger partial charge in [0.1, 0.15) is 0 Å². The number of carbonyl (C=O) groups is 1. The molecule has 1 aromatic rings. The highest BCUT2D eigenvalue weighted by Crippen LogP contribution is 2.26. The predicted molar refractivity (Wildman–Crippen MR) is 75.9 cm³/mol. The number of carbonyl (C=O) groups excluding carboxylic acids is 1. The van der Waals surface area contributed by atoms with Gasteiger partial charge in [-0.1, -0.05) is 6.42 Å². The number of aromatic nitrogens is 1. The molecule has 1 aliphatic carbocycles. The SMILES string of the molecule is CSC1CCCC(NC(=O)Nc2ccncc2F)C1. The van der Waals surface area contributed by atoms with E-state index in [1.54, 1.807) is 0 Å². The molecule has 6 heteroatoms. The summed E-state index contributed by atoms with van der Waals surface area (Å²) >= 11 is 1.84. The van der Waals surface area contributed by atoms with Gasteiger partial charge in [-0.2, -0.15) is 11.8 Å². The summed E-state index contributed by atoms with van der Waals surface area (Å²) < 4.78 is 13.3. The normalized spacial score (nSPS) is 22.8. The summed E-state index contributed by atoms with van der Waals surface area (Å²) in [6.45, 7) is 0. The van der Waals surface area contributed by atoms with E-state index in [0.29, 0.717) is 5.25 Å². The maximum absolute atomic E-state index is 13.3. The molecule has 4 nitrogen and oxygen atoms in total. The van der Waals surface area contributed by atoms with Crippen LogP contribution in [-0.4, -0.2) is 28.6 Å². The van der Waals surface area contributed by atoms with Crippen LogP contribution in [-0.2, 0) is 0 Å². The minimum Gasteiger partial charge on any atom is -0.335 e. The molecule has 1 saturated carbocycles. The van der Waals surface area contributed by atoms with Gasteiger partial charge in [0.15, 0.2) is 5.82 Å². The molecule has 1 aliphatic rings. The van der Waals surface area contributed by atoms with Gasteiger partial charge in [0.2, 0.25) is 0 Å². The van der Waals surface area contributed by atoms with Crippen molar-refractivity contribution in [1.29, 1.82) is 0 Å². The second kappa shape index (κ2) is 6.75. The maximum atomic E-state index is 13.3. The number of rotatable bonds is 3. The van der Waals surface area contributed by atoms with Crippen LogP contribution in [0.15, 0.2) is 18.5 Å². The van der Waals surface area contributed by atoms with E-state index in [9.17, 15) is 9.18 Å². The molecule has 19 heavy (non-hydrogen) atoms. The number of amides is 2. The van der Waals surface area contributed by atoms with Gasteiger partial charge in [-0.25, -0.2) is 9.18 Å². The molecule has 0 radical (unpaired) electrons. The first-order valence-corrected chi connectivity index (χ1v) is 7.67. The second-order valence-electron chi connectivity index (χ2n) is 4.68. The summed E-state index contributed by atoms with van der Waals surface area (Å²) in [6, 6.07) is 1.27. The molecule has 0 bridgehead atoms. The molecule has 0 aromatic carbocycles. The Labute approximate surface area is 116 Å². The molecule has 1 aromatic heterocycles. The third-order valence-electron chi connectivity index (χ3n) is 3.32. The van der Waals surface area contributed by atoms with Gasteiger partial charge in [0.25, 0.3) is 0 Å². The van der Waals surface area contributed by atoms with Crippen molar-refractivity contribution >= 4 is 23.5 Å². The van der Waals surface area contributed by atoms with Crippen molar-refractivity contribution in [3.05, 3.63) is 24.3 Å². The third-order valence-corrected chi connectivity index (χ3v) is 4.41. The Hall–Kier alpha value is -1.30. The van der Waals surface area contributed by atoms with Gasteiger partial charge < -0.3 is 10.6 Å². The standard InChI is InChI=1S/C13H18FN3OS/c1-19-10-4-2-3-9(7-10)16-13(18)17-12-5-6-15-8-11(12)14/h5-6,8-10H,2-4,7H2,1H3,(H2,15,16,17,18). The Morgan fingerprint density at radius 2 is 2.37 bits per heavy atom. The fourth-order valence-electron chi connectivity index (χ4n) is 2.31.